The number of aromatic nitrogens is 2. The second-order valence-electron chi connectivity index (χ2n) is 4.95. The molecule has 5 nitrogen and oxygen atoms in total. The topological polar surface area (TPSA) is 64.1 Å². The second-order valence-corrected chi connectivity index (χ2v) is 5.77. The third-order valence-electron chi connectivity index (χ3n) is 3.38. The fraction of sp³-hybridized carbons (Fsp3) is 0.267. The normalized spacial score (nSPS) is 17.5. The Balaban J connectivity index is 1.82. The monoisotopic (exact) mass is 337 g/mol. The molecule has 1 atom stereocenters. The first-order chi connectivity index (χ1) is 10.6. The van der Waals surface area contributed by atoms with E-state index in [1.807, 2.05) is 0 Å². The van der Waals surface area contributed by atoms with Gasteiger partial charge < -0.3 is 10.1 Å². The van der Waals surface area contributed by atoms with E-state index in [0.717, 1.165) is 12.0 Å². The summed E-state index contributed by atoms with van der Waals surface area (Å²) in [6.45, 7) is 1.21. The number of halogens is 2. The number of benzene rings is 1. The average Bonchev–Trinajstić information content (AvgIpc) is 3.03. The van der Waals surface area contributed by atoms with Crippen LogP contribution in [0.25, 0.3) is 11.3 Å². The summed E-state index contributed by atoms with van der Waals surface area (Å²) in [4.78, 5) is 20.4. The first-order valence-corrected chi connectivity index (χ1v) is 7.55. The molecule has 0 unspecified atom stereocenters. The van der Waals surface area contributed by atoms with Crippen LogP contribution in [0.2, 0.25) is 10.0 Å². The van der Waals surface area contributed by atoms with Gasteiger partial charge in [0, 0.05) is 12.2 Å². The van der Waals surface area contributed by atoms with Gasteiger partial charge >= 0.3 is 0 Å². The fourth-order valence-electron chi connectivity index (χ4n) is 2.20. The molecule has 2 heterocycles. The van der Waals surface area contributed by atoms with Gasteiger partial charge in [0.15, 0.2) is 0 Å². The molecule has 1 amide bonds. The van der Waals surface area contributed by atoms with E-state index < -0.39 is 0 Å². The Morgan fingerprint density at radius 1 is 1.23 bits per heavy atom. The van der Waals surface area contributed by atoms with Crippen molar-refractivity contribution >= 4 is 29.1 Å². The van der Waals surface area contributed by atoms with E-state index in [1.165, 1.54) is 6.33 Å². The van der Waals surface area contributed by atoms with Crippen LogP contribution in [0.15, 0.2) is 30.6 Å². The molecular formula is C15H13Cl2N3O2. The fourth-order valence-corrected chi connectivity index (χ4v) is 2.50. The molecule has 2 aromatic rings. The molecule has 0 spiro atoms. The van der Waals surface area contributed by atoms with Gasteiger partial charge in [-0.05, 0) is 24.6 Å². The number of hydrogen-bond acceptors (Lipinski definition) is 4. The van der Waals surface area contributed by atoms with Gasteiger partial charge in [-0.2, -0.15) is 0 Å². The number of nitrogens with zero attached hydrogens (tertiary/aromatic N) is 2. The molecule has 1 aromatic heterocycles. The number of ether oxygens (including phenoxy) is 1. The molecule has 114 valence electrons. The van der Waals surface area contributed by atoms with Crippen molar-refractivity contribution < 1.29 is 9.53 Å². The minimum atomic E-state index is -0.237. The van der Waals surface area contributed by atoms with Crippen LogP contribution in [-0.4, -0.2) is 35.1 Å². The summed E-state index contributed by atoms with van der Waals surface area (Å²) in [6.07, 6.45) is 2.17. The molecule has 22 heavy (non-hydrogen) atoms. The predicted molar refractivity (Wildman–Crippen MR) is 84.2 cm³/mol. The molecule has 0 saturated carbocycles. The Morgan fingerprint density at radius 2 is 2.09 bits per heavy atom. The number of carbonyl (C=O) groups excluding carboxylic acids is 1. The van der Waals surface area contributed by atoms with Crippen molar-refractivity contribution in [2.24, 2.45) is 0 Å². The lowest BCUT2D eigenvalue weighted by Gasteiger charge is -2.10. The molecular weight excluding hydrogens is 325 g/mol. The maximum atomic E-state index is 12.2. The molecule has 0 bridgehead atoms. The highest BCUT2D eigenvalue weighted by atomic mass is 35.5. The van der Waals surface area contributed by atoms with Gasteiger partial charge in [-0.25, -0.2) is 9.97 Å². The Labute approximate surface area is 137 Å². The molecule has 1 saturated heterocycles. The van der Waals surface area contributed by atoms with Gasteiger partial charge in [0.1, 0.15) is 12.0 Å². The Morgan fingerprint density at radius 3 is 2.82 bits per heavy atom. The van der Waals surface area contributed by atoms with E-state index in [-0.39, 0.29) is 11.9 Å². The van der Waals surface area contributed by atoms with E-state index >= 15 is 0 Å². The van der Waals surface area contributed by atoms with E-state index in [4.69, 9.17) is 27.9 Å². The SMILES string of the molecule is O=C(N[C@H]1CCOC1)c1cc(-c2ccc(Cl)c(Cl)c2)ncn1. The molecule has 1 N–H and O–H groups in total. The smallest absolute Gasteiger partial charge is 0.270 e. The van der Waals surface area contributed by atoms with Crippen LogP contribution in [0, 0.1) is 0 Å². The largest absolute Gasteiger partial charge is 0.379 e. The first kappa shape index (κ1) is 15.2. The van der Waals surface area contributed by atoms with Crippen molar-refractivity contribution in [2.75, 3.05) is 13.2 Å². The minimum Gasteiger partial charge on any atom is -0.379 e. The predicted octanol–water partition coefficient (Wildman–Crippen LogP) is 2.97. The number of hydrogen-bond donors (Lipinski definition) is 1. The molecule has 1 aliphatic rings. The lowest BCUT2D eigenvalue weighted by molar-refractivity contribution is 0.0924. The van der Waals surface area contributed by atoms with Crippen LogP contribution in [0.3, 0.4) is 0 Å². The Kier molecular flexibility index (Phi) is 4.57. The van der Waals surface area contributed by atoms with Crippen molar-refractivity contribution in [2.45, 2.75) is 12.5 Å². The molecule has 0 radical (unpaired) electrons. The van der Waals surface area contributed by atoms with Gasteiger partial charge in [-0.3, -0.25) is 4.79 Å². The quantitative estimate of drug-likeness (QED) is 0.935. The second kappa shape index (κ2) is 6.60. The van der Waals surface area contributed by atoms with Crippen molar-refractivity contribution in [3.63, 3.8) is 0 Å². The van der Waals surface area contributed by atoms with E-state index in [0.29, 0.717) is 34.6 Å². The summed E-state index contributed by atoms with van der Waals surface area (Å²) in [7, 11) is 0. The van der Waals surface area contributed by atoms with Crippen LogP contribution in [0.1, 0.15) is 16.9 Å². The Bertz CT molecular complexity index is 703. The summed E-state index contributed by atoms with van der Waals surface area (Å²) < 4.78 is 5.24. The first-order valence-electron chi connectivity index (χ1n) is 6.79. The Hall–Kier alpha value is -1.69. The van der Waals surface area contributed by atoms with Crippen molar-refractivity contribution in [3.05, 3.63) is 46.3 Å². The number of rotatable bonds is 3. The molecule has 1 fully saturated rings. The van der Waals surface area contributed by atoms with Gasteiger partial charge in [0.2, 0.25) is 0 Å². The minimum absolute atomic E-state index is 0.0379. The van der Waals surface area contributed by atoms with Crippen LogP contribution in [0.5, 0.6) is 0 Å². The van der Waals surface area contributed by atoms with Crippen molar-refractivity contribution in [1.29, 1.82) is 0 Å². The third kappa shape index (κ3) is 3.38. The van der Waals surface area contributed by atoms with Crippen molar-refractivity contribution in [1.82, 2.24) is 15.3 Å². The summed E-state index contributed by atoms with van der Waals surface area (Å²) in [5.74, 6) is -0.237. The highest BCUT2D eigenvalue weighted by Crippen LogP contribution is 2.27. The number of nitrogens with one attached hydrogen (secondary N) is 1. The molecule has 7 heteroatoms. The summed E-state index contributed by atoms with van der Waals surface area (Å²) >= 11 is 11.9. The molecule has 0 aliphatic carbocycles. The van der Waals surface area contributed by atoms with Crippen LogP contribution < -0.4 is 5.32 Å². The zero-order chi connectivity index (χ0) is 15.5. The number of amides is 1. The highest BCUT2D eigenvalue weighted by molar-refractivity contribution is 6.42. The van der Waals surface area contributed by atoms with E-state index in [9.17, 15) is 4.79 Å². The van der Waals surface area contributed by atoms with Gasteiger partial charge in [-0.1, -0.05) is 29.3 Å². The summed E-state index contributed by atoms with van der Waals surface area (Å²) in [5.41, 5.74) is 1.69. The van der Waals surface area contributed by atoms with Crippen LogP contribution in [-0.2, 0) is 4.74 Å². The van der Waals surface area contributed by atoms with Crippen molar-refractivity contribution in [3.8, 4) is 11.3 Å². The average molecular weight is 338 g/mol. The van der Waals surface area contributed by atoms with Crippen LogP contribution in [0.4, 0.5) is 0 Å². The van der Waals surface area contributed by atoms with Gasteiger partial charge in [0.05, 0.1) is 28.4 Å². The maximum Gasteiger partial charge on any atom is 0.270 e. The summed E-state index contributed by atoms with van der Waals surface area (Å²) in [5, 5.41) is 3.80. The number of carbonyl (C=O) groups is 1. The van der Waals surface area contributed by atoms with Crippen LogP contribution >= 0.6 is 23.2 Å². The van der Waals surface area contributed by atoms with Gasteiger partial charge in [0.25, 0.3) is 5.91 Å². The van der Waals surface area contributed by atoms with E-state index in [2.05, 4.69) is 15.3 Å². The lowest BCUT2D eigenvalue weighted by Crippen LogP contribution is -2.35. The molecule has 3 rings (SSSR count). The lowest BCUT2D eigenvalue weighted by atomic mass is 10.1. The maximum absolute atomic E-state index is 12.2. The third-order valence-corrected chi connectivity index (χ3v) is 4.12. The molecule has 1 aliphatic heterocycles. The highest BCUT2D eigenvalue weighted by Gasteiger charge is 2.19. The zero-order valence-electron chi connectivity index (χ0n) is 11.6. The molecule has 1 aromatic carbocycles. The standard InChI is InChI=1S/C15H13Cl2N3O2/c16-11-2-1-9(5-12(11)17)13-6-14(19-8-18-13)15(21)20-10-3-4-22-7-10/h1-2,5-6,8,10H,3-4,7H2,(H,20,21)/t10-/m0/s1. The van der Waals surface area contributed by atoms with Gasteiger partial charge in [-0.15, -0.1) is 0 Å². The zero-order valence-corrected chi connectivity index (χ0v) is 13.1. The van der Waals surface area contributed by atoms with E-state index in [1.54, 1.807) is 24.3 Å². The summed E-state index contributed by atoms with van der Waals surface area (Å²) in [6, 6.07) is 6.86.